The lowest BCUT2D eigenvalue weighted by Crippen LogP contribution is -2.40. The van der Waals surface area contributed by atoms with Crippen molar-refractivity contribution >= 4 is 17.5 Å². The van der Waals surface area contributed by atoms with Crippen LogP contribution in [0.5, 0.6) is 0 Å². The topological polar surface area (TPSA) is 123 Å². The van der Waals surface area contributed by atoms with Gasteiger partial charge in [-0.1, -0.05) is 37.3 Å². The lowest BCUT2D eigenvalue weighted by molar-refractivity contribution is 0.0532. The monoisotopic (exact) mass is 450 g/mol. The second kappa shape index (κ2) is 10.5. The number of rotatable bonds is 7. The van der Waals surface area contributed by atoms with Crippen LogP contribution in [-0.4, -0.2) is 44.1 Å². The Hall–Kier alpha value is -2.13. The van der Waals surface area contributed by atoms with Crippen LogP contribution < -0.4 is 16.7 Å². The van der Waals surface area contributed by atoms with Gasteiger partial charge in [0.15, 0.2) is 0 Å². The molecule has 8 nitrogen and oxygen atoms in total. The van der Waals surface area contributed by atoms with Gasteiger partial charge in [0.1, 0.15) is 6.23 Å². The van der Waals surface area contributed by atoms with Crippen LogP contribution in [0.1, 0.15) is 54.6 Å². The first kappa shape index (κ1) is 23.5. The summed E-state index contributed by atoms with van der Waals surface area (Å²) in [6, 6.07) is 4.73. The molecule has 170 valence electrons. The van der Waals surface area contributed by atoms with Crippen LogP contribution in [0, 0.1) is 12.8 Å². The maximum atomic E-state index is 12.8. The minimum absolute atomic E-state index is 0.0293. The Labute approximate surface area is 186 Å². The molecule has 0 radical (unpaired) electrons. The Morgan fingerprint density at radius 3 is 2.58 bits per heavy atom. The summed E-state index contributed by atoms with van der Waals surface area (Å²) in [5.74, 6) is -0.451. The van der Waals surface area contributed by atoms with Gasteiger partial charge in [0, 0.05) is 24.4 Å². The van der Waals surface area contributed by atoms with Gasteiger partial charge in [-0.15, -0.1) is 0 Å². The van der Waals surface area contributed by atoms with E-state index in [1.54, 1.807) is 25.3 Å². The molecule has 9 heteroatoms. The summed E-state index contributed by atoms with van der Waals surface area (Å²) in [5, 5.41) is 23.2. The van der Waals surface area contributed by atoms with Gasteiger partial charge in [-0.25, -0.2) is 4.79 Å². The van der Waals surface area contributed by atoms with Crippen LogP contribution in [0.2, 0.25) is 5.02 Å². The van der Waals surface area contributed by atoms with Crippen molar-refractivity contribution in [2.75, 3.05) is 6.54 Å². The molecule has 1 aromatic heterocycles. The summed E-state index contributed by atoms with van der Waals surface area (Å²) < 4.78 is 2.83. The Kier molecular flexibility index (Phi) is 7.94. The Bertz CT molecular complexity index is 963. The molecule has 1 heterocycles. The summed E-state index contributed by atoms with van der Waals surface area (Å²) >= 11 is 6.26. The van der Waals surface area contributed by atoms with E-state index >= 15 is 0 Å². The zero-order valence-electron chi connectivity index (χ0n) is 17.8. The minimum Gasteiger partial charge on any atom is -0.390 e. The predicted octanol–water partition coefficient (Wildman–Crippen LogP) is 1.94. The highest BCUT2D eigenvalue weighted by Gasteiger charge is 2.24. The van der Waals surface area contributed by atoms with Gasteiger partial charge in [-0.3, -0.25) is 13.9 Å². The third-order valence-corrected chi connectivity index (χ3v) is 6.27. The molecule has 3 rings (SSSR count). The van der Waals surface area contributed by atoms with E-state index in [9.17, 15) is 19.8 Å². The molecule has 0 aliphatic heterocycles. The Morgan fingerprint density at radius 2 is 1.94 bits per heavy atom. The number of imidazole rings is 1. The molecule has 1 fully saturated rings. The Morgan fingerprint density at radius 1 is 1.26 bits per heavy atom. The number of aliphatic hydroxyl groups is 2. The number of nitrogens with one attached hydrogen (secondary N) is 1. The fourth-order valence-electron chi connectivity index (χ4n) is 4.08. The first-order valence-corrected chi connectivity index (χ1v) is 11.2. The van der Waals surface area contributed by atoms with Crippen molar-refractivity contribution < 1.29 is 15.0 Å². The highest BCUT2D eigenvalue weighted by Crippen LogP contribution is 2.26. The van der Waals surface area contributed by atoms with Crippen molar-refractivity contribution in [1.82, 2.24) is 14.5 Å². The number of carbonyl (C=O) groups is 1. The van der Waals surface area contributed by atoms with Crippen molar-refractivity contribution in [3.8, 4) is 5.69 Å². The van der Waals surface area contributed by atoms with Crippen molar-refractivity contribution in [1.29, 1.82) is 0 Å². The molecule has 1 aliphatic carbocycles. The van der Waals surface area contributed by atoms with Crippen molar-refractivity contribution in [3.63, 3.8) is 0 Å². The van der Waals surface area contributed by atoms with Crippen LogP contribution in [0.3, 0.4) is 0 Å². The molecule has 1 amide bonds. The summed E-state index contributed by atoms with van der Waals surface area (Å²) in [6.07, 6.45) is 6.04. The first-order chi connectivity index (χ1) is 14.8. The van der Waals surface area contributed by atoms with Gasteiger partial charge in [0.25, 0.3) is 5.91 Å². The molecular weight excluding hydrogens is 420 g/mol. The van der Waals surface area contributed by atoms with E-state index in [2.05, 4.69) is 5.32 Å². The molecule has 0 bridgehead atoms. The number of carbonyl (C=O) groups excluding carboxylic acids is 1. The van der Waals surface area contributed by atoms with Crippen LogP contribution >= 0.6 is 11.6 Å². The highest BCUT2D eigenvalue weighted by atomic mass is 35.5. The number of aromatic nitrogens is 2. The van der Waals surface area contributed by atoms with Crippen molar-refractivity contribution in [2.45, 2.75) is 64.3 Å². The zero-order valence-corrected chi connectivity index (χ0v) is 18.5. The lowest BCUT2D eigenvalue weighted by Gasteiger charge is -2.22. The molecule has 1 aromatic carbocycles. The average molecular weight is 451 g/mol. The molecule has 0 saturated heterocycles. The van der Waals surface area contributed by atoms with E-state index < -0.39 is 18.2 Å². The molecule has 1 aliphatic rings. The molecule has 0 spiro atoms. The predicted molar refractivity (Wildman–Crippen MR) is 120 cm³/mol. The van der Waals surface area contributed by atoms with Crippen molar-refractivity contribution in [3.05, 3.63) is 51.2 Å². The summed E-state index contributed by atoms with van der Waals surface area (Å²) in [5.41, 5.74) is 6.41. The molecule has 2 aromatic rings. The fraction of sp³-hybridized carbons (Fsp3) is 0.545. The second-order valence-corrected chi connectivity index (χ2v) is 8.66. The van der Waals surface area contributed by atoms with E-state index in [1.807, 2.05) is 0 Å². The van der Waals surface area contributed by atoms with Gasteiger partial charge < -0.3 is 21.3 Å². The molecule has 2 atom stereocenters. The molecule has 31 heavy (non-hydrogen) atoms. The number of aliphatic hydroxyl groups excluding tert-OH is 2. The number of aryl methyl sites for hydroxylation is 1. The number of amides is 1. The lowest BCUT2D eigenvalue weighted by atomic mass is 9.98. The van der Waals surface area contributed by atoms with E-state index in [4.69, 9.17) is 17.3 Å². The number of nitrogens with two attached hydrogens (primary N) is 1. The normalized spacial score (nSPS) is 17.2. The smallest absolute Gasteiger partial charge is 0.333 e. The fourth-order valence-corrected chi connectivity index (χ4v) is 4.28. The Balaban J connectivity index is 1.82. The zero-order chi connectivity index (χ0) is 22.5. The number of benzene rings is 1. The SMILES string of the molecule is Cc1cn(-c2ccc(Cl)c(C(=O)NC(O)C3CCCCCC3)c2)c(=O)n1CC(O)CN. The third-order valence-electron chi connectivity index (χ3n) is 5.94. The maximum Gasteiger partial charge on any atom is 0.333 e. The summed E-state index contributed by atoms with van der Waals surface area (Å²) in [6.45, 7) is 1.89. The number of halogens is 1. The van der Waals surface area contributed by atoms with E-state index in [1.165, 1.54) is 15.2 Å². The molecule has 2 unspecified atom stereocenters. The van der Waals surface area contributed by atoms with Crippen LogP contribution in [-0.2, 0) is 6.54 Å². The van der Waals surface area contributed by atoms with Crippen LogP contribution in [0.4, 0.5) is 0 Å². The van der Waals surface area contributed by atoms with Crippen LogP contribution in [0.25, 0.3) is 5.69 Å². The quantitative estimate of drug-likeness (QED) is 0.379. The summed E-state index contributed by atoms with van der Waals surface area (Å²) in [7, 11) is 0. The molecular formula is C22H31ClN4O4. The highest BCUT2D eigenvalue weighted by molar-refractivity contribution is 6.33. The van der Waals surface area contributed by atoms with Gasteiger partial charge in [0.05, 0.1) is 28.9 Å². The van der Waals surface area contributed by atoms with Gasteiger partial charge in [-0.05, 0) is 38.0 Å². The van der Waals surface area contributed by atoms with Crippen LogP contribution in [0.15, 0.2) is 29.2 Å². The second-order valence-electron chi connectivity index (χ2n) is 8.26. The number of hydrogen-bond acceptors (Lipinski definition) is 5. The number of hydrogen-bond donors (Lipinski definition) is 4. The largest absolute Gasteiger partial charge is 0.390 e. The van der Waals surface area contributed by atoms with Gasteiger partial charge >= 0.3 is 5.69 Å². The van der Waals surface area contributed by atoms with Gasteiger partial charge in [0.2, 0.25) is 0 Å². The standard InChI is InChI=1S/C22H31ClN4O4/c1-14-12-27(22(31)26(14)13-17(28)11-24)16-8-9-19(23)18(10-16)21(30)25-20(29)15-6-4-2-3-5-7-15/h8-10,12,15,17,20,28-29H,2-7,11,13,24H2,1H3,(H,25,30). The number of nitrogens with zero attached hydrogens (tertiary/aromatic N) is 2. The van der Waals surface area contributed by atoms with E-state index in [0.29, 0.717) is 11.4 Å². The third kappa shape index (κ3) is 5.57. The molecule has 1 saturated carbocycles. The minimum atomic E-state index is -0.936. The van der Waals surface area contributed by atoms with E-state index in [0.717, 1.165) is 38.5 Å². The van der Waals surface area contributed by atoms with E-state index in [-0.39, 0.29) is 35.3 Å². The summed E-state index contributed by atoms with van der Waals surface area (Å²) in [4.78, 5) is 25.7. The first-order valence-electron chi connectivity index (χ1n) is 10.8. The van der Waals surface area contributed by atoms with Gasteiger partial charge in [-0.2, -0.15) is 0 Å². The molecule has 5 N–H and O–H groups in total. The average Bonchev–Trinajstić information content (AvgIpc) is 2.94. The maximum absolute atomic E-state index is 12.8. The van der Waals surface area contributed by atoms with Crippen molar-refractivity contribution in [2.24, 2.45) is 11.7 Å².